The first-order chi connectivity index (χ1) is 7.81. The molecule has 2 aromatic rings. The molecule has 1 unspecified atom stereocenters. The summed E-state index contributed by atoms with van der Waals surface area (Å²) in [5.74, 6) is 1.08. The Morgan fingerprint density at radius 3 is 3.00 bits per heavy atom. The van der Waals surface area contributed by atoms with E-state index in [1.54, 1.807) is 11.3 Å². The zero-order valence-corrected chi connectivity index (χ0v) is 10.4. The second kappa shape index (κ2) is 5.23. The second-order valence-electron chi connectivity index (χ2n) is 3.68. The number of likely N-dealkylation sites (N-methyl/N-ethyl adjacent to an activating group) is 1. The predicted molar refractivity (Wildman–Crippen MR) is 65.4 cm³/mol. The van der Waals surface area contributed by atoms with Crippen molar-refractivity contribution in [1.29, 1.82) is 0 Å². The van der Waals surface area contributed by atoms with Crippen molar-refractivity contribution >= 4 is 11.3 Å². The van der Waals surface area contributed by atoms with Crippen LogP contribution in [0.3, 0.4) is 0 Å². The Kier molecular flexibility index (Phi) is 3.69. The fourth-order valence-corrected chi connectivity index (χ4v) is 2.40. The smallest absolute Gasteiger partial charge is 0.125 e. The fourth-order valence-electron chi connectivity index (χ4n) is 1.76. The molecule has 0 bridgehead atoms. The van der Waals surface area contributed by atoms with Gasteiger partial charge in [0.25, 0.3) is 0 Å². The average molecular weight is 236 g/mol. The summed E-state index contributed by atoms with van der Waals surface area (Å²) < 4.78 is 2.06. The molecule has 0 saturated heterocycles. The van der Waals surface area contributed by atoms with Gasteiger partial charge in [0.2, 0.25) is 0 Å². The zero-order valence-electron chi connectivity index (χ0n) is 9.55. The van der Waals surface area contributed by atoms with Crippen LogP contribution in [-0.4, -0.2) is 21.1 Å². The van der Waals surface area contributed by atoms with Crippen LogP contribution in [0.4, 0.5) is 0 Å². The largest absolute Gasteiger partial charge is 0.337 e. The Hall–Kier alpha value is -1.20. The molecule has 0 aliphatic rings. The third kappa shape index (κ3) is 2.48. The first kappa shape index (κ1) is 11.3. The highest BCUT2D eigenvalue weighted by molar-refractivity contribution is 7.09. The topological polar surface area (TPSA) is 42.7 Å². The van der Waals surface area contributed by atoms with E-state index in [0.29, 0.717) is 0 Å². The zero-order chi connectivity index (χ0) is 11.4. The Labute approximate surface area is 99.4 Å². The van der Waals surface area contributed by atoms with Crippen LogP contribution in [0.15, 0.2) is 24.1 Å². The van der Waals surface area contributed by atoms with E-state index in [-0.39, 0.29) is 6.04 Å². The minimum Gasteiger partial charge on any atom is -0.337 e. The Morgan fingerprint density at radius 2 is 2.44 bits per heavy atom. The van der Waals surface area contributed by atoms with Crippen LogP contribution < -0.4 is 5.32 Å². The molecule has 1 atom stereocenters. The molecule has 0 aliphatic heterocycles. The quantitative estimate of drug-likeness (QED) is 0.860. The van der Waals surface area contributed by atoms with Crippen LogP contribution in [0, 0.1) is 0 Å². The van der Waals surface area contributed by atoms with Crippen LogP contribution in [-0.2, 0) is 13.5 Å². The van der Waals surface area contributed by atoms with Gasteiger partial charge < -0.3 is 9.88 Å². The van der Waals surface area contributed by atoms with Gasteiger partial charge in [-0.2, -0.15) is 0 Å². The second-order valence-corrected chi connectivity index (χ2v) is 4.65. The molecule has 2 heterocycles. The molecule has 0 fully saturated rings. The molecule has 1 N–H and O–H groups in total. The molecule has 0 radical (unpaired) electrons. The number of nitrogens with one attached hydrogen (secondary N) is 1. The van der Waals surface area contributed by atoms with Gasteiger partial charge in [-0.3, -0.25) is 4.98 Å². The van der Waals surface area contributed by atoms with E-state index in [2.05, 4.69) is 26.8 Å². The highest BCUT2D eigenvalue weighted by Crippen LogP contribution is 2.18. The minimum absolute atomic E-state index is 0.269. The third-order valence-corrected chi connectivity index (χ3v) is 3.31. The van der Waals surface area contributed by atoms with Crippen molar-refractivity contribution in [3.05, 3.63) is 34.8 Å². The van der Waals surface area contributed by atoms with Gasteiger partial charge in [-0.1, -0.05) is 6.92 Å². The minimum atomic E-state index is 0.269. The first-order valence-corrected chi connectivity index (χ1v) is 6.27. The van der Waals surface area contributed by atoms with Gasteiger partial charge in [-0.05, 0) is 6.54 Å². The molecule has 5 heteroatoms. The van der Waals surface area contributed by atoms with Gasteiger partial charge in [-0.15, -0.1) is 11.3 Å². The van der Waals surface area contributed by atoms with Crippen LogP contribution in [0.25, 0.3) is 0 Å². The van der Waals surface area contributed by atoms with Crippen molar-refractivity contribution in [2.24, 2.45) is 7.05 Å². The fraction of sp³-hybridized carbons (Fsp3) is 0.455. The summed E-state index contributed by atoms with van der Waals surface area (Å²) >= 11 is 1.69. The maximum Gasteiger partial charge on any atom is 0.125 e. The molecule has 4 nitrogen and oxygen atoms in total. The Balaban J connectivity index is 2.14. The lowest BCUT2D eigenvalue weighted by Gasteiger charge is -2.16. The monoisotopic (exact) mass is 236 g/mol. The number of aromatic nitrogens is 3. The molecular weight excluding hydrogens is 220 g/mol. The molecule has 0 spiro atoms. The van der Waals surface area contributed by atoms with Gasteiger partial charge in [0.05, 0.1) is 11.6 Å². The number of aryl methyl sites for hydroxylation is 1. The highest BCUT2D eigenvalue weighted by atomic mass is 32.1. The molecule has 0 aliphatic carbocycles. The Morgan fingerprint density at radius 1 is 1.56 bits per heavy atom. The lowest BCUT2D eigenvalue weighted by Crippen LogP contribution is -2.25. The van der Waals surface area contributed by atoms with Gasteiger partial charge in [-0.25, -0.2) is 4.98 Å². The number of nitrogens with zero attached hydrogens (tertiary/aromatic N) is 3. The summed E-state index contributed by atoms with van der Waals surface area (Å²) in [6.07, 6.45) is 6.69. The number of rotatable bonds is 5. The normalized spacial score (nSPS) is 12.9. The summed E-state index contributed by atoms with van der Waals surface area (Å²) in [6.45, 7) is 3.05. The van der Waals surface area contributed by atoms with Crippen LogP contribution in [0.1, 0.15) is 23.7 Å². The maximum atomic E-state index is 4.40. The molecule has 2 aromatic heterocycles. The van der Waals surface area contributed by atoms with E-state index in [4.69, 9.17) is 0 Å². The van der Waals surface area contributed by atoms with Crippen molar-refractivity contribution in [2.45, 2.75) is 19.4 Å². The van der Waals surface area contributed by atoms with Crippen molar-refractivity contribution in [1.82, 2.24) is 19.9 Å². The number of imidazole rings is 1. The summed E-state index contributed by atoms with van der Waals surface area (Å²) in [6, 6.07) is 0.269. The molecular formula is C11H16N4S. The van der Waals surface area contributed by atoms with Crippen molar-refractivity contribution in [3.63, 3.8) is 0 Å². The first-order valence-electron chi connectivity index (χ1n) is 5.39. The van der Waals surface area contributed by atoms with Gasteiger partial charge in [0.1, 0.15) is 5.82 Å². The predicted octanol–water partition coefficient (Wildman–Crippen LogP) is 1.77. The van der Waals surface area contributed by atoms with Crippen molar-refractivity contribution < 1.29 is 0 Å². The van der Waals surface area contributed by atoms with E-state index in [1.165, 1.54) is 4.88 Å². The maximum absolute atomic E-state index is 4.40. The highest BCUT2D eigenvalue weighted by Gasteiger charge is 2.15. The standard InChI is InChI=1S/C11H16N4S/c1-3-13-10(6-9-7-12-8-16-9)11-14-4-5-15(11)2/h4-5,7-8,10,13H,3,6H2,1-2H3. The average Bonchev–Trinajstić information content (AvgIpc) is 2.88. The van der Waals surface area contributed by atoms with Crippen molar-refractivity contribution in [2.75, 3.05) is 6.54 Å². The number of hydrogen-bond donors (Lipinski definition) is 1. The summed E-state index contributed by atoms with van der Waals surface area (Å²) in [7, 11) is 2.03. The molecule has 0 amide bonds. The number of hydrogen-bond acceptors (Lipinski definition) is 4. The molecule has 0 aromatic carbocycles. The van der Waals surface area contributed by atoms with E-state index in [0.717, 1.165) is 18.8 Å². The lowest BCUT2D eigenvalue weighted by atomic mass is 10.1. The van der Waals surface area contributed by atoms with Crippen molar-refractivity contribution in [3.8, 4) is 0 Å². The lowest BCUT2D eigenvalue weighted by molar-refractivity contribution is 0.509. The summed E-state index contributed by atoms with van der Waals surface area (Å²) in [4.78, 5) is 9.79. The molecule has 2 rings (SSSR count). The van der Waals surface area contributed by atoms with Crippen LogP contribution in [0.5, 0.6) is 0 Å². The van der Waals surface area contributed by atoms with E-state index < -0.39 is 0 Å². The van der Waals surface area contributed by atoms with Gasteiger partial charge in [0, 0.05) is 36.9 Å². The van der Waals surface area contributed by atoms with Gasteiger partial charge >= 0.3 is 0 Å². The summed E-state index contributed by atoms with van der Waals surface area (Å²) in [5, 5.41) is 3.46. The van der Waals surface area contributed by atoms with E-state index >= 15 is 0 Å². The van der Waals surface area contributed by atoms with Gasteiger partial charge in [0.15, 0.2) is 0 Å². The summed E-state index contributed by atoms with van der Waals surface area (Å²) in [5.41, 5.74) is 1.87. The Bertz CT molecular complexity index is 421. The van der Waals surface area contributed by atoms with Crippen LogP contribution in [0.2, 0.25) is 0 Å². The SMILES string of the molecule is CCNC(Cc1cncs1)c1nccn1C. The molecule has 16 heavy (non-hydrogen) atoms. The van der Waals surface area contributed by atoms with E-state index in [9.17, 15) is 0 Å². The number of thiazole rings is 1. The van der Waals surface area contributed by atoms with Crippen LogP contribution >= 0.6 is 11.3 Å². The third-order valence-electron chi connectivity index (χ3n) is 2.51. The molecule has 0 saturated carbocycles. The molecule has 86 valence electrons. The van der Waals surface area contributed by atoms with E-state index in [1.807, 2.05) is 31.1 Å².